The van der Waals surface area contributed by atoms with E-state index in [-0.39, 0.29) is 6.04 Å². The van der Waals surface area contributed by atoms with Crippen LogP contribution in [-0.2, 0) is 13.1 Å². The Morgan fingerprint density at radius 1 is 1.44 bits per heavy atom. The SMILES string of the molecule is CCCn1ncc(Br)c1C1NCc2ccccc21. The van der Waals surface area contributed by atoms with Gasteiger partial charge in [-0.15, -0.1) is 0 Å². The monoisotopic (exact) mass is 305 g/mol. The molecule has 0 aliphatic carbocycles. The first-order valence-corrected chi connectivity index (χ1v) is 7.13. The van der Waals surface area contributed by atoms with E-state index in [1.807, 2.05) is 6.20 Å². The van der Waals surface area contributed by atoms with Crippen LogP contribution in [-0.4, -0.2) is 9.78 Å². The Morgan fingerprint density at radius 3 is 3.11 bits per heavy atom. The number of halogens is 1. The van der Waals surface area contributed by atoms with Crippen LogP contribution in [0.2, 0.25) is 0 Å². The van der Waals surface area contributed by atoms with Crippen LogP contribution >= 0.6 is 15.9 Å². The van der Waals surface area contributed by atoms with E-state index < -0.39 is 0 Å². The van der Waals surface area contributed by atoms with Crippen LogP contribution in [0.3, 0.4) is 0 Å². The molecule has 1 aromatic heterocycles. The zero-order chi connectivity index (χ0) is 12.5. The third kappa shape index (κ3) is 1.89. The van der Waals surface area contributed by atoms with Gasteiger partial charge in [-0.2, -0.15) is 5.10 Å². The highest BCUT2D eigenvalue weighted by Crippen LogP contribution is 2.34. The van der Waals surface area contributed by atoms with Crippen molar-refractivity contribution in [2.45, 2.75) is 32.5 Å². The lowest BCUT2D eigenvalue weighted by Gasteiger charge is -2.15. The van der Waals surface area contributed by atoms with E-state index >= 15 is 0 Å². The lowest BCUT2D eigenvalue weighted by atomic mass is 10.0. The maximum absolute atomic E-state index is 4.45. The summed E-state index contributed by atoms with van der Waals surface area (Å²) in [4.78, 5) is 0. The number of hydrogen-bond donors (Lipinski definition) is 1. The van der Waals surface area contributed by atoms with E-state index in [1.165, 1.54) is 16.8 Å². The van der Waals surface area contributed by atoms with Gasteiger partial charge in [0.05, 0.1) is 22.4 Å². The van der Waals surface area contributed by atoms with Crippen LogP contribution in [0.15, 0.2) is 34.9 Å². The van der Waals surface area contributed by atoms with Gasteiger partial charge in [-0.25, -0.2) is 0 Å². The minimum absolute atomic E-state index is 0.254. The summed E-state index contributed by atoms with van der Waals surface area (Å²) >= 11 is 3.63. The number of aryl methyl sites for hydroxylation is 1. The van der Waals surface area contributed by atoms with Crippen molar-refractivity contribution < 1.29 is 0 Å². The van der Waals surface area contributed by atoms with Crippen molar-refractivity contribution in [3.05, 3.63) is 51.8 Å². The highest BCUT2D eigenvalue weighted by molar-refractivity contribution is 9.10. The molecule has 18 heavy (non-hydrogen) atoms. The zero-order valence-corrected chi connectivity index (χ0v) is 11.9. The van der Waals surface area contributed by atoms with E-state index in [4.69, 9.17) is 0 Å². The lowest BCUT2D eigenvalue weighted by Crippen LogP contribution is -2.18. The fourth-order valence-corrected chi connectivity index (χ4v) is 3.12. The van der Waals surface area contributed by atoms with Gasteiger partial charge >= 0.3 is 0 Å². The number of hydrogen-bond acceptors (Lipinski definition) is 2. The lowest BCUT2D eigenvalue weighted by molar-refractivity contribution is 0.531. The molecule has 0 spiro atoms. The Morgan fingerprint density at radius 2 is 2.28 bits per heavy atom. The van der Waals surface area contributed by atoms with Gasteiger partial charge < -0.3 is 5.32 Å². The highest BCUT2D eigenvalue weighted by atomic mass is 79.9. The molecule has 4 heteroatoms. The molecule has 1 atom stereocenters. The minimum atomic E-state index is 0.254. The molecule has 1 N–H and O–H groups in total. The summed E-state index contributed by atoms with van der Waals surface area (Å²) < 4.78 is 3.19. The second-order valence-electron chi connectivity index (χ2n) is 4.61. The second-order valence-corrected chi connectivity index (χ2v) is 5.47. The molecule has 0 radical (unpaired) electrons. The van der Waals surface area contributed by atoms with Gasteiger partial charge in [0.25, 0.3) is 0 Å². The summed E-state index contributed by atoms with van der Waals surface area (Å²) in [5, 5.41) is 8.03. The van der Waals surface area contributed by atoms with Crippen LogP contribution in [0.5, 0.6) is 0 Å². The van der Waals surface area contributed by atoms with Crippen molar-refractivity contribution in [3.63, 3.8) is 0 Å². The van der Waals surface area contributed by atoms with E-state index in [0.29, 0.717) is 0 Å². The van der Waals surface area contributed by atoms with Crippen molar-refractivity contribution >= 4 is 15.9 Å². The van der Waals surface area contributed by atoms with Crippen LogP contribution in [0, 0.1) is 0 Å². The first kappa shape index (κ1) is 11.9. The third-order valence-corrected chi connectivity index (χ3v) is 4.02. The largest absolute Gasteiger partial charge is 0.301 e. The molecule has 0 fully saturated rings. The highest BCUT2D eigenvalue weighted by Gasteiger charge is 2.27. The average molecular weight is 306 g/mol. The number of rotatable bonds is 3. The van der Waals surface area contributed by atoms with Gasteiger partial charge in [-0.05, 0) is 33.5 Å². The Kier molecular flexibility index (Phi) is 3.22. The molecular formula is C14H16BrN3. The van der Waals surface area contributed by atoms with Gasteiger partial charge in [0, 0.05) is 13.1 Å². The van der Waals surface area contributed by atoms with Gasteiger partial charge in [-0.1, -0.05) is 31.2 Å². The number of nitrogens with one attached hydrogen (secondary N) is 1. The Bertz CT molecular complexity index is 562. The smallest absolute Gasteiger partial charge is 0.0765 e. The zero-order valence-electron chi connectivity index (χ0n) is 10.4. The van der Waals surface area contributed by atoms with Crippen molar-refractivity contribution in [2.75, 3.05) is 0 Å². The quantitative estimate of drug-likeness (QED) is 0.943. The van der Waals surface area contributed by atoms with E-state index in [1.54, 1.807) is 0 Å². The Balaban J connectivity index is 2.04. The molecule has 0 saturated carbocycles. The molecule has 1 aliphatic rings. The molecule has 94 valence electrons. The van der Waals surface area contributed by atoms with Crippen LogP contribution < -0.4 is 5.32 Å². The molecule has 1 aliphatic heterocycles. The summed E-state index contributed by atoms with van der Waals surface area (Å²) in [6.45, 7) is 4.07. The Labute approximate surface area is 115 Å². The van der Waals surface area contributed by atoms with Gasteiger partial charge in [0.15, 0.2) is 0 Å². The number of benzene rings is 1. The number of nitrogens with zero attached hydrogens (tertiary/aromatic N) is 2. The topological polar surface area (TPSA) is 29.9 Å². The normalized spacial score (nSPS) is 18.0. The summed E-state index contributed by atoms with van der Waals surface area (Å²) in [6, 6.07) is 8.85. The van der Waals surface area contributed by atoms with Crippen molar-refractivity contribution in [1.82, 2.24) is 15.1 Å². The van der Waals surface area contributed by atoms with E-state index in [0.717, 1.165) is 24.0 Å². The van der Waals surface area contributed by atoms with Crippen LogP contribution in [0.4, 0.5) is 0 Å². The van der Waals surface area contributed by atoms with E-state index in [9.17, 15) is 0 Å². The summed E-state index contributed by atoms with van der Waals surface area (Å²) in [6.07, 6.45) is 2.99. The predicted octanol–water partition coefficient (Wildman–Crippen LogP) is 3.25. The summed E-state index contributed by atoms with van der Waals surface area (Å²) in [7, 11) is 0. The van der Waals surface area contributed by atoms with Gasteiger partial charge in [0.1, 0.15) is 0 Å². The number of aromatic nitrogens is 2. The maximum Gasteiger partial charge on any atom is 0.0765 e. The summed E-state index contributed by atoms with van der Waals surface area (Å²) in [5.41, 5.74) is 4.00. The summed E-state index contributed by atoms with van der Waals surface area (Å²) in [5.74, 6) is 0. The molecule has 2 heterocycles. The van der Waals surface area contributed by atoms with Crippen LogP contribution in [0.25, 0.3) is 0 Å². The Hall–Kier alpha value is -1.13. The number of fused-ring (bicyclic) bond motifs is 1. The average Bonchev–Trinajstić information content (AvgIpc) is 2.94. The van der Waals surface area contributed by atoms with Gasteiger partial charge in [-0.3, -0.25) is 4.68 Å². The molecule has 0 saturated heterocycles. The standard InChI is InChI=1S/C14H16BrN3/c1-2-7-18-14(12(15)9-17-18)13-11-6-4-3-5-10(11)8-16-13/h3-6,9,13,16H,2,7-8H2,1H3. The van der Waals surface area contributed by atoms with E-state index in [2.05, 4.69) is 62.2 Å². The molecule has 0 bridgehead atoms. The van der Waals surface area contributed by atoms with Crippen molar-refractivity contribution in [1.29, 1.82) is 0 Å². The maximum atomic E-state index is 4.45. The molecular weight excluding hydrogens is 290 g/mol. The van der Waals surface area contributed by atoms with Gasteiger partial charge in [0.2, 0.25) is 0 Å². The fraction of sp³-hybridized carbons (Fsp3) is 0.357. The first-order valence-electron chi connectivity index (χ1n) is 6.33. The molecule has 2 aromatic rings. The molecule has 0 amide bonds. The van der Waals surface area contributed by atoms with Crippen molar-refractivity contribution in [2.24, 2.45) is 0 Å². The molecule has 3 rings (SSSR count). The molecule has 1 unspecified atom stereocenters. The fourth-order valence-electron chi connectivity index (χ4n) is 2.59. The van der Waals surface area contributed by atoms with Crippen molar-refractivity contribution in [3.8, 4) is 0 Å². The predicted molar refractivity (Wildman–Crippen MR) is 75.3 cm³/mol. The molecule has 3 nitrogen and oxygen atoms in total. The minimum Gasteiger partial charge on any atom is -0.301 e. The third-order valence-electron chi connectivity index (χ3n) is 3.40. The molecule has 1 aromatic carbocycles. The van der Waals surface area contributed by atoms with Crippen LogP contribution in [0.1, 0.15) is 36.2 Å². The second kappa shape index (κ2) is 4.86. The first-order chi connectivity index (χ1) is 8.81.